The lowest BCUT2D eigenvalue weighted by Gasteiger charge is -2.26. The molecule has 0 unspecified atom stereocenters. The standard InChI is InChI=1S/C13H17Cl/c1-8-9(2)13(3,4)10-6-5-7-11(14)12(8)10/h5-9H,1-4H3/t8-,9-/m0/s1/i9+1. The van der Waals surface area contributed by atoms with Crippen LogP contribution in [0.2, 0.25) is 5.02 Å². The van der Waals surface area contributed by atoms with Crippen LogP contribution in [0.25, 0.3) is 0 Å². The van der Waals surface area contributed by atoms with E-state index in [0.29, 0.717) is 11.8 Å². The fourth-order valence-corrected chi connectivity index (χ4v) is 3.03. The van der Waals surface area contributed by atoms with Crippen molar-refractivity contribution in [2.24, 2.45) is 5.92 Å². The summed E-state index contributed by atoms with van der Waals surface area (Å²) in [7, 11) is 0. The molecular formula is C13H17Cl. The third-order valence-electron chi connectivity index (χ3n) is 4.09. The van der Waals surface area contributed by atoms with Crippen LogP contribution in [0, 0.1) is 5.92 Å². The Hall–Kier alpha value is -0.490. The number of fused-ring (bicyclic) bond motifs is 1. The molecule has 1 aromatic carbocycles. The molecule has 0 nitrogen and oxygen atoms in total. The van der Waals surface area contributed by atoms with Crippen LogP contribution >= 0.6 is 11.6 Å². The van der Waals surface area contributed by atoms with Gasteiger partial charge in [-0.25, -0.2) is 0 Å². The lowest BCUT2D eigenvalue weighted by atomic mass is 9.91. The minimum atomic E-state index is 0.264. The van der Waals surface area contributed by atoms with Crippen LogP contribution in [0.15, 0.2) is 18.2 Å². The van der Waals surface area contributed by atoms with Crippen molar-refractivity contribution in [2.45, 2.75) is 39.0 Å². The molecule has 0 spiro atoms. The second kappa shape index (κ2) is 3.00. The Morgan fingerprint density at radius 2 is 1.86 bits per heavy atom. The summed E-state index contributed by atoms with van der Waals surface area (Å²) < 4.78 is 0. The maximum atomic E-state index is 6.26. The lowest BCUT2D eigenvalue weighted by molar-refractivity contribution is 0.342. The van der Waals surface area contributed by atoms with Gasteiger partial charge in [0, 0.05) is 5.02 Å². The third-order valence-corrected chi connectivity index (χ3v) is 4.42. The maximum Gasteiger partial charge on any atom is 0.0443 e. The van der Waals surface area contributed by atoms with Crippen molar-refractivity contribution in [1.82, 2.24) is 0 Å². The largest absolute Gasteiger partial charge is 0.0840 e. The van der Waals surface area contributed by atoms with Gasteiger partial charge in [-0.1, -0.05) is 51.4 Å². The Balaban J connectivity index is 2.68. The zero-order valence-electron chi connectivity index (χ0n) is 9.26. The first-order valence-corrected chi connectivity index (χ1v) is 5.63. The van der Waals surface area contributed by atoms with Gasteiger partial charge in [0.2, 0.25) is 0 Å². The first-order valence-electron chi connectivity index (χ1n) is 5.25. The fraction of sp³-hybridized carbons (Fsp3) is 0.538. The number of hydrogen-bond donors (Lipinski definition) is 0. The van der Waals surface area contributed by atoms with Crippen LogP contribution in [-0.2, 0) is 5.41 Å². The zero-order valence-corrected chi connectivity index (χ0v) is 10.0. The van der Waals surface area contributed by atoms with Crippen molar-refractivity contribution < 1.29 is 0 Å². The smallest absolute Gasteiger partial charge is 0.0443 e. The molecule has 76 valence electrons. The molecule has 1 aromatic rings. The molecule has 0 saturated heterocycles. The fourth-order valence-electron chi connectivity index (χ4n) is 2.68. The molecule has 14 heavy (non-hydrogen) atoms. The van der Waals surface area contributed by atoms with E-state index in [4.69, 9.17) is 11.6 Å². The van der Waals surface area contributed by atoms with Gasteiger partial charge in [0.1, 0.15) is 0 Å². The highest BCUT2D eigenvalue weighted by atomic mass is 35.5. The quantitative estimate of drug-likeness (QED) is 0.557. The average Bonchev–Trinajstić information content (AvgIpc) is 2.30. The van der Waals surface area contributed by atoms with E-state index in [-0.39, 0.29) is 5.41 Å². The predicted octanol–water partition coefficient (Wildman–Crippen LogP) is 4.37. The molecule has 2 atom stereocenters. The van der Waals surface area contributed by atoms with Crippen molar-refractivity contribution in [3.63, 3.8) is 0 Å². The minimum Gasteiger partial charge on any atom is -0.0840 e. The molecule has 0 N–H and O–H groups in total. The summed E-state index contributed by atoms with van der Waals surface area (Å²) in [5, 5.41) is 0.937. The molecular weight excluding hydrogens is 193 g/mol. The van der Waals surface area contributed by atoms with Gasteiger partial charge in [0.05, 0.1) is 0 Å². The van der Waals surface area contributed by atoms with Crippen molar-refractivity contribution >= 4 is 11.6 Å². The SMILES string of the molecule is C[C@@H]1c2c(Cl)cccc2C(C)(C)[13C@H]1C. The number of hydrogen-bond acceptors (Lipinski definition) is 0. The summed E-state index contributed by atoms with van der Waals surface area (Å²) in [5.74, 6) is 1.24. The van der Waals surface area contributed by atoms with Crippen molar-refractivity contribution in [3.05, 3.63) is 34.3 Å². The molecule has 0 aliphatic heterocycles. The molecule has 0 amide bonds. The summed E-state index contributed by atoms with van der Waals surface area (Å²) in [6.07, 6.45) is 0. The highest BCUT2D eigenvalue weighted by molar-refractivity contribution is 6.31. The Bertz CT molecular complexity index is 365. The molecule has 1 heteroatoms. The molecule has 1 aliphatic rings. The van der Waals surface area contributed by atoms with Gasteiger partial charge in [-0.15, -0.1) is 0 Å². The minimum absolute atomic E-state index is 0.264. The van der Waals surface area contributed by atoms with Gasteiger partial charge >= 0.3 is 0 Å². The molecule has 2 rings (SSSR count). The normalized spacial score (nSPS) is 28.9. The van der Waals surface area contributed by atoms with Crippen molar-refractivity contribution in [3.8, 4) is 0 Å². The lowest BCUT2D eigenvalue weighted by Crippen LogP contribution is -2.22. The summed E-state index contributed by atoms with van der Waals surface area (Å²) in [6.45, 7) is 9.23. The van der Waals surface area contributed by atoms with Crippen LogP contribution in [0.5, 0.6) is 0 Å². The highest BCUT2D eigenvalue weighted by Gasteiger charge is 2.42. The Kier molecular flexibility index (Phi) is 2.15. The second-order valence-corrected chi connectivity index (χ2v) is 5.41. The molecule has 0 radical (unpaired) electrons. The summed E-state index contributed by atoms with van der Waals surface area (Å²) in [5.41, 5.74) is 3.07. The monoisotopic (exact) mass is 209 g/mol. The van der Waals surface area contributed by atoms with E-state index in [1.54, 1.807) is 0 Å². The van der Waals surface area contributed by atoms with E-state index in [1.165, 1.54) is 11.1 Å². The number of halogens is 1. The average molecular weight is 210 g/mol. The summed E-state index contributed by atoms with van der Waals surface area (Å²) >= 11 is 6.26. The van der Waals surface area contributed by atoms with Crippen LogP contribution in [0.3, 0.4) is 0 Å². The van der Waals surface area contributed by atoms with E-state index in [9.17, 15) is 0 Å². The van der Waals surface area contributed by atoms with Gasteiger partial charge in [0.15, 0.2) is 0 Å². The molecule has 0 bridgehead atoms. The van der Waals surface area contributed by atoms with Crippen LogP contribution in [0.1, 0.15) is 44.7 Å². The van der Waals surface area contributed by atoms with Gasteiger partial charge in [-0.3, -0.25) is 0 Å². The zero-order chi connectivity index (χ0) is 10.5. The number of benzene rings is 1. The van der Waals surface area contributed by atoms with Gasteiger partial charge in [-0.2, -0.15) is 0 Å². The van der Waals surface area contributed by atoms with Crippen molar-refractivity contribution in [2.75, 3.05) is 0 Å². The van der Waals surface area contributed by atoms with Gasteiger partial charge in [-0.05, 0) is 34.4 Å². The maximum absolute atomic E-state index is 6.26. The Morgan fingerprint density at radius 3 is 2.43 bits per heavy atom. The molecule has 0 aromatic heterocycles. The van der Waals surface area contributed by atoms with Gasteiger partial charge < -0.3 is 0 Å². The van der Waals surface area contributed by atoms with E-state index in [1.807, 2.05) is 6.07 Å². The van der Waals surface area contributed by atoms with E-state index in [0.717, 1.165) is 5.02 Å². The van der Waals surface area contributed by atoms with Crippen molar-refractivity contribution in [1.29, 1.82) is 0 Å². The van der Waals surface area contributed by atoms with Crippen LogP contribution in [0.4, 0.5) is 0 Å². The number of rotatable bonds is 0. The van der Waals surface area contributed by atoms with Gasteiger partial charge in [0.25, 0.3) is 0 Å². The molecule has 0 heterocycles. The molecule has 0 saturated carbocycles. The van der Waals surface area contributed by atoms with Crippen LogP contribution in [-0.4, -0.2) is 0 Å². The van der Waals surface area contributed by atoms with E-state index >= 15 is 0 Å². The second-order valence-electron chi connectivity index (χ2n) is 5.00. The first-order chi connectivity index (χ1) is 6.46. The third kappa shape index (κ3) is 1.13. The topological polar surface area (TPSA) is 0 Å². The first kappa shape index (κ1) is 10.0. The Labute approximate surface area is 91.3 Å². The Morgan fingerprint density at radius 1 is 1.21 bits per heavy atom. The molecule has 1 aliphatic carbocycles. The van der Waals surface area contributed by atoms with Crippen LogP contribution < -0.4 is 0 Å². The summed E-state index contributed by atoms with van der Waals surface area (Å²) in [6, 6.07) is 6.29. The predicted molar refractivity (Wildman–Crippen MR) is 62.1 cm³/mol. The highest BCUT2D eigenvalue weighted by Crippen LogP contribution is 2.51. The van der Waals surface area contributed by atoms with E-state index < -0.39 is 0 Å². The van der Waals surface area contributed by atoms with E-state index in [2.05, 4.69) is 39.8 Å². The molecule has 0 fully saturated rings. The summed E-state index contributed by atoms with van der Waals surface area (Å²) in [4.78, 5) is 0.